The second kappa shape index (κ2) is 6.84. The van der Waals surface area contributed by atoms with Crippen molar-refractivity contribution in [3.8, 4) is 0 Å². The molecule has 0 aliphatic carbocycles. The van der Waals surface area contributed by atoms with Crippen molar-refractivity contribution in [2.75, 3.05) is 31.1 Å². The third-order valence-electron chi connectivity index (χ3n) is 4.63. The van der Waals surface area contributed by atoms with E-state index in [4.69, 9.17) is 0 Å². The third kappa shape index (κ3) is 3.37. The summed E-state index contributed by atoms with van der Waals surface area (Å²) in [5.41, 5.74) is 1.94. The summed E-state index contributed by atoms with van der Waals surface area (Å²) in [7, 11) is 0. The molecule has 0 unspecified atom stereocenters. The highest BCUT2D eigenvalue weighted by Gasteiger charge is 2.22. The van der Waals surface area contributed by atoms with Crippen LogP contribution in [-0.2, 0) is 0 Å². The van der Waals surface area contributed by atoms with Crippen molar-refractivity contribution in [3.05, 3.63) is 71.0 Å². The zero-order valence-electron chi connectivity index (χ0n) is 13.7. The second-order valence-electron chi connectivity index (χ2n) is 6.20. The van der Waals surface area contributed by atoms with Crippen LogP contribution in [0.25, 0.3) is 10.8 Å². The van der Waals surface area contributed by atoms with Crippen LogP contribution in [0.5, 0.6) is 0 Å². The van der Waals surface area contributed by atoms with Crippen LogP contribution in [0.15, 0.2) is 65.4 Å². The second-order valence-corrected chi connectivity index (χ2v) is 7.11. The van der Waals surface area contributed by atoms with Gasteiger partial charge in [0.2, 0.25) is 0 Å². The number of rotatable bonds is 2. The molecule has 1 aliphatic rings. The Bertz CT molecular complexity index is 919. The predicted octanol–water partition coefficient (Wildman–Crippen LogP) is 3.96. The molecule has 0 spiro atoms. The molecule has 1 amide bonds. The smallest absolute Gasteiger partial charge is 0.254 e. The van der Waals surface area contributed by atoms with Gasteiger partial charge in [0, 0.05) is 59.7 Å². The average molecular weight is 396 g/mol. The Morgan fingerprint density at radius 3 is 2.60 bits per heavy atom. The topological polar surface area (TPSA) is 36.4 Å². The first-order chi connectivity index (χ1) is 12.2. The number of aromatic nitrogens is 1. The molecule has 2 aromatic carbocycles. The number of benzene rings is 2. The molecule has 1 aliphatic heterocycles. The van der Waals surface area contributed by atoms with E-state index >= 15 is 0 Å². The Hall–Kier alpha value is -2.40. The number of fused-ring (bicyclic) bond motifs is 1. The molecule has 1 fully saturated rings. The molecular formula is C20H18BrN3O. The Balaban J connectivity index is 1.46. The van der Waals surface area contributed by atoms with Gasteiger partial charge in [-0.25, -0.2) is 0 Å². The Morgan fingerprint density at radius 1 is 0.960 bits per heavy atom. The minimum absolute atomic E-state index is 0.102. The van der Waals surface area contributed by atoms with Crippen LogP contribution < -0.4 is 4.90 Å². The SMILES string of the molecule is O=C(c1cccc(Br)c1)N1CCN(c2ccc3cnccc3c2)CC1. The molecule has 1 aromatic heterocycles. The fourth-order valence-electron chi connectivity index (χ4n) is 3.24. The van der Waals surface area contributed by atoms with Crippen LogP contribution in [0, 0.1) is 0 Å². The number of halogens is 1. The lowest BCUT2D eigenvalue weighted by Gasteiger charge is -2.36. The van der Waals surface area contributed by atoms with E-state index in [1.165, 1.54) is 11.1 Å². The first-order valence-electron chi connectivity index (χ1n) is 8.34. The number of pyridine rings is 1. The fourth-order valence-corrected chi connectivity index (χ4v) is 3.64. The summed E-state index contributed by atoms with van der Waals surface area (Å²) in [6.07, 6.45) is 3.70. The zero-order chi connectivity index (χ0) is 17.2. The number of nitrogens with zero attached hydrogens (tertiary/aromatic N) is 3. The normalized spacial score (nSPS) is 14.8. The predicted molar refractivity (Wildman–Crippen MR) is 104 cm³/mol. The van der Waals surface area contributed by atoms with Gasteiger partial charge in [0.1, 0.15) is 0 Å². The molecule has 1 saturated heterocycles. The van der Waals surface area contributed by atoms with Crippen LogP contribution in [0.4, 0.5) is 5.69 Å². The van der Waals surface area contributed by atoms with Gasteiger partial charge in [0.05, 0.1) is 0 Å². The number of hydrogen-bond acceptors (Lipinski definition) is 3. The van der Waals surface area contributed by atoms with Gasteiger partial charge in [-0.3, -0.25) is 9.78 Å². The highest BCUT2D eigenvalue weighted by atomic mass is 79.9. The monoisotopic (exact) mass is 395 g/mol. The number of carbonyl (C=O) groups is 1. The molecule has 0 radical (unpaired) electrons. The number of carbonyl (C=O) groups excluding carboxylic acids is 1. The van der Waals surface area contributed by atoms with E-state index in [0.717, 1.165) is 41.6 Å². The molecule has 0 bridgehead atoms. The number of hydrogen-bond donors (Lipinski definition) is 0. The maximum absolute atomic E-state index is 12.6. The van der Waals surface area contributed by atoms with Gasteiger partial charge in [0.15, 0.2) is 0 Å². The van der Waals surface area contributed by atoms with E-state index in [-0.39, 0.29) is 5.91 Å². The number of anilines is 1. The molecule has 5 heteroatoms. The Kier molecular flexibility index (Phi) is 4.40. The summed E-state index contributed by atoms with van der Waals surface area (Å²) in [5.74, 6) is 0.102. The molecule has 0 saturated carbocycles. The average Bonchev–Trinajstić information content (AvgIpc) is 2.67. The lowest BCUT2D eigenvalue weighted by atomic mass is 10.1. The molecule has 4 nitrogen and oxygen atoms in total. The number of amides is 1. The zero-order valence-corrected chi connectivity index (χ0v) is 15.3. The summed E-state index contributed by atoms with van der Waals surface area (Å²) in [5, 5.41) is 2.34. The molecule has 25 heavy (non-hydrogen) atoms. The minimum Gasteiger partial charge on any atom is -0.368 e. The quantitative estimate of drug-likeness (QED) is 0.658. The van der Waals surface area contributed by atoms with Crippen molar-refractivity contribution >= 4 is 38.3 Å². The summed E-state index contributed by atoms with van der Waals surface area (Å²) in [6, 6.07) is 16.1. The van der Waals surface area contributed by atoms with Crippen molar-refractivity contribution in [2.24, 2.45) is 0 Å². The van der Waals surface area contributed by atoms with E-state index in [2.05, 4.69) is 44.0 Å². The van der Waals surface area contributed by atoms with E-state index in [1.807, 2.05) is 47.6 Å². The fraction of sp³-hybridized carbons (Fsp3) is 0.200. The van der Waals surface area contributed by atoms with Crippen LogP contribution in [0.1, 0.15) is 10.4 Å². The van der Waals surface area contributed by atoms with Crippen LogP contribution in [0.2, 0.25) is 0 Å². The van der Waals surface area contributed by atoms with E-state index in [1.54, 1.807) is 0 Å². The van der Waals surface area contributed by atoms with Gasteiger partial charge in [-0.1, -0.05) is 28.1 Å². The first kappa shape index (κ1) is 16.1. The van der Waals surface area contributed by atoms with Gasteiger partial charge in [-0.05, 0) is 41.8 Å². The van der Waals surface area contributed by atoms with Crippen molar-refractivity contribution in [2.45, 2.75) is 0 Å². The van der Waals surface area contributed by atoms with Gasteiger partial charge < -0.3 is 9.80 Å². The highest BCUT2D eigenvalue weighted by molar-refractivity contribution is 9.10. The Morgan fingerprint density at radius 2 is 1.80 bits per heavy atom. The summed E-state index contributed by atoms with van der Waals surface area (Å²) >= 11 is 3.43. The maximum atomic E-state index is 12.6. The van der Waals surface area contributed by atoms with Crippen molar-refractivity contribution < 1.29 is 4.79 Å². The molecule has 2 heterocycles. The molecule has 0 N–H and O–H groups in total. The molecule has 0 atom stereocenters. The van der Waals surface area contributed by atoms with Crippen LogP contribution in [0.3, 0.4) is 0 Å². The van der Waals surface area contributed by atoms with Crippen molar-refractivity contribution in [1.29, 1.82) is 0 Å². The standard InChI is InChI=1S/C20H18BrN3O/c21-18-3-1-2-16(12-18)20(25)24-10-8-23(9-11-24)19-5-4-17-14-22-7-6-15(17)13-19/h1-7,12-14H,8-11H2. The first-order valence-corrected chi connectivity index (χ1v) is 9.13. The summed E-state index contributed by atoms with van der Waals surface area (Å²) in [4.78, 5) is 21.1. The largest absolute Gasteiger partial charge is 0.368 e. The van der Waals surface area contributed by atoms with Crippen molar-refractivity contribution in [3.63, 3.8) is 0 Å². The van der Waals surface area contributed by atoms with Gasteiger partial charge >= 0.3 is 0 Å². The summed E-state index contributed by atoms with van der Waals surface area (Å²) < 4.78 is 0.933. The summed E-state index contributed by atoms with van der Waals surface area (Å²) in [6.45, 7) is 3.16. The van der Waals surface area contributed by atoms with Gasteiger partial charge in [-0.2, -0.15) is 0 Å². The van der Waals surface area contributed by atoms with Gasteiger partial charge in [-0.15, -0.1) is 0 Å². The molecule has 4 rings (SSSR count). The van der Waals surface area contributed by atoms with Crippen LogP contribution in [-0.4, -0.2) is 42.0 Å². The molecule has 3 aromatic rings. The van der Waals surface area contributed by atoms with Crippen molar-refractivity contribution in [1.82, 2.24) is 9.88 Å². The molecular weight excluding hydrogens is 378 g/mol. The third-order valence-corrected chi connectivity index (χ3v) is 5.12. The lowest BCUT2D eigenvalue weighted by Crippen LogP contribution is -2.48. The van der Waals surface area contributed by atoms with Crippen LogP contribution >= 0.6 is 15.9 Å². The lowest BCUT2D eigenvalue weighted by molar-refractivity contribution is 0.0746. The maximum Gasteiger partial charge on any atom is 0.254 e. The highest BCUT2D eigenvalue weighted by Crippen LogP contribution is 2.23. The van der Waals surface area contributed by atoms with E-state index in [0.29, 0.717) is 0 Å². The molecule has 126 valence electrons. The Labute approximate surface area is 155 Å². The van der Waals surface area contributed by atoms with Gasteiger partial charge in [0.25, 0.3) is 5.91 Å². The van der Waals surface area contributed by atoms with E-state index < -0.39 is 0 Å². The number of piperazine rings is 1. The van der Waals surface area contributed by atoms with E-state index in [9.17, 15) is 4.79 Å². The minimum atomic E-state index is 0.102.